The van der Waals surface area contributed by atoms with Crippen molar-refractivity contribution in [3.63, 3.8) is 0 Å². The topological polar surface area (TPSA) is 60.9 Å². The molecule has 0 radical (unpaired) electrons. The van der Waals surface area contributed by atoms with Crippen LogP contribution in [0.3, 0.4) is 0 Å². The molecule has 1 aromatic carbocycles. The first-order valence-electron chi connectivity index (χ1n) is 6.48. The van der Waals surface area contributed by atoms with E-state index in [1.165, 1.54) is 0 Å². The Hall–Kier alpha value is -2.57. The Labute approximate surface area is 116 Å². The molecule has 0 saturated heterocycles. The van der Waals surface area contributed by atoms with Gasteiger partial charge in [-0.05, 0) is 18.6 Å². The second-order valence-electron chi connectivity index (χ2n) is 4.92. The number of halogens is 2. The summed E-state index contributed by atoms with van der Waals surface area (Å²) < 4.78 is 33.5. The minimum absolute atomic E-state index is 0.0164. The number of hydrogen-bond donors (Lipinski definition) is 0. The molecule has 0 N–H and O–H groups in total. The number of nitrogens with zero attached hydrogens (tertiary/aromatic N) is 3. The third-order valence-electron chi connectivity index (χ3n) is 3.49. The maximum atomic E-state index is 13.2. The zero-order valence-corrected chi connectivity index (χ0v) is 10.8. The van der Waals surface area contributed by atoms with Crippen LogP contribution >= 0.6 is 0 Å². The van der Waals surface area contributed by atoms with E-state index in [0.717, 1.165) is 24.6 Å². The van der Waals surface area contributed by atoms with Gasteiger partial charge in [0.25, 0.3) is 11.3 Å². The molecule has 5 nitrogen and oxygen atoms in total. The highest BCUT2D eigenvalue weighted by atomic mass is 19.1. The molecule has 4 rings (SSSR count). The number of aromatic nitrogens is 3. The Bertz CT molecular complexity index is 910. The first-order chi connectivity index (χ1) is 10.1. The summed E-state index contributed by atoms with van der Waals surface area (Å²) in [6, 6.07) is 2.95. The summed E-state index contributed by atoms with van der Waals surface area (Å²) in [5.41, 5.74) is 0.0440. The smallest absolute Gasteiger partial charge is 0.283 e. The molecule has 0 spiro atoms. The maximum absolute atomic E-state index is 13.2. The summed E-state index contributed by atoms with van der Waals surface area (Å²) >= 11 is 0. The number of hydrogen-bond acceptors (Lipinski definition) is 4. The Morgan fingerprint density at radius 1 is 1.14 bits per heavy atom. The van der Waals surface area contributed by atoms with E-state index in [0.29, 0.717) is 18.8 Å². The molecule has 0 atom stereocenters. The molecule has 3 heterocycles. The lowest BCUT2D eigenvalue weighted by Crippen LogP contribution is -2.20. The number of fused-ring (bicyclic) bond motifs is 2. The fraction of sp³-hybridized carbons (Fsp3) is 0.214. The summed E-state index contributed by atoms with van der Waals surface area (Å²) in [7, 11) is 0. The average molecular weight is 289 g/mol. The molecular weight excluding hydrogens is 280 g/mol. The van der Waals surface area contributed by atoms with Gasteiger partial charge < -0.3 is 4.42 Å². The Balaban J connectivity index is 1.96. The van der Waals surface area contributed by atoms with Crippen LogP contribution < -0.4 is 5.56 Å². The van der Waals surface area contributed by atoms with Crippen LogP contribution in [0.15, 0.2) is 27.4 Å². The van der Waals surface area contributed by atoms with Gasteiger partial charge in [-0.1, -0.05) is 0 Å². The molecule has 106 valence electrons. The van der Waals surface area contributed by atoms with E-state index in [1.807, 2.05) is 0 Å². The SMILES string of the molecule is O=c1c2nc(-c3cc(F)cc(F)c3)oc2nc2n1CCC2. The Morgan fingerprint density at radius 2 is 1.90 bits per heavy atom. The lowest BCUT2D eigenvalue weighted by molar-refractivity contribution is 0.575. The predicted octanol–water partition coefficient (Wildman–Crippen LogP) is 2.28. The van der Waals surface area contributed by atoms with Gasteiger partial charge in [0, 0.05) is 24.6 Å². The Kier molecular flexibility index (Phi) is 2.44. The monoisotopic (exact) mass is 289 g/mol. The Morgan fingerprint density at radius 3 is 2.67 bits per heavy atom. The summed E-state index contributed by atoms with van der Waals surface area (Å²) in [5, 5.41) is 0. The van der Waals surface area contributed by atoms with E-state index in [4.69, 9.17) is 4.42 Å². The molecule has 2 aromatic heterocycles. The fourth-order valence-electron chi connectivity index (χ4n) is 2.57. The minimum atomic E-state index is -0.737. The molecule has 1 aliphatic rings. The van der Waals surface area contributed by atoms with Gasteiger partial charge in [0.2, 0.25) is 5.89 Å². The third kappa shape index (κ3) is 1.84. The van der Waals surface area contributed by atoms with Gasteiger partial charge >= 0.3 is 0 Å². The molecule has 0 amide bonds. The van der Waals surface area contributed by atoms with Crippen molar-refractivity contribution in [3.8, 4) is 11.5 Å². The molecular formula is C14H9F2N3O2. The standard InChI is InChI=1S/C14H9F2N3O2/c15-8-4-7(5-9(16)6-8)12-18-11-13(21-12)17-10-2-1-3-19(10)14(11)20/h4-6H,1-3H2. The summed E-state index contributed by atoms with van der Waals surface area (Å²) in [4.78, 5) is 20.6. The zero-order valence-electron chi connectivity index (χ0n) is 10.8. The summed E-state index contributed by atoms with van der Waals surface area (Å²) in [6.07, 6.45) is 1.56. The molecule has 0 bridgehead atoms. The third-order valence-corrected chi connectivity index (χ3v) is 3.49. The number of oxazole rings is 1. The van der Waals surface area contributed by atoms with Gasteiger partial charge in [-0.2, -0.15) is 4.98 Å². The molecule has 0 saturated carbocycles. The maximum Gasteiger partial charge on any atom is 0.283 e. The van der Waals surface area contributed by atoms with Crippen LogP contribution in [0.5, 0.6) is 0 Å². The first-order valence-corrected chi connectivity index (χ1v) is 6.48. The molecule has 3 aromatic rings. The normalized spacial score (nSPS) is 13.8. The molecule has 21 heavy (non-hydrogen) atoms. The zero-order chi connectivity index (χ0) is 14.6. The lowest BCUT2D eigenvalue weighted by Gasteiger charge is -1.98. The predicted molar refractivity (Wildman–Crippen MR) is 69.7 cm³/mol. The molecule has 0 fully saturated rings. The number of aryl methyl sites for hydroxylation is 1. The van der Waals surface area contributed by atoms with E-state index in [-0.39, 0.29) is 28.2 Å². The average Bonchev–Trinajstić information content (AvgIpc) is 3.04. The number of rotatable bonds is 1. The first kappa shape index (κ1) is 12.2. The molecule has 7 heteroatoms. The van der Waals surface area contributed by atoms with Gasteiger partial charge in [0.05, 0.1) is 0 Å². The van der Waals surface area contributed by atoms with Crippen molar-refractivity contribution in [1.29, 1.82) is 0 Å². The van der Waals surface area contributed by atoms with Gasteiger partial charge in [0.1, 0.15) is 17.5 Å². The summed E-state index contributed by atoms with van der Waals surface area (Å²) in [6.45, 7) is 0.605. The van der Waals surface area contributed by atoms with Crippen molar-refractivity contribution in [2.75, 3.05) is 0 Å². The van der Waals surface area contributed by atoms with Crippen molar-refractivity contribution < 1.29 is 13.2 Å². The van der Waals surface area contributed by atoms with E-state index in [2.05, 4.69) is 9.97 Å². The highest BCUT2D eigenvalue weighted by molar-refractivity contribution is 5.71. The highest BCUT2D eigenvalue weighted by Crippen LogP contribution is 2.24. The van der Waals surface area contributed by atoms with Gasteiger partial charge in [-0.25, -0.2) is 13.8 Å². The van der Waals surface area contributed by atoms with Crippen molar-refractivity contribution in [2.24, 2.45) is 0 Å². The number of benzene rings is 1. The van der Waals surface area contributed by atoms with E-state index in [9.17, 15) is 13.6 Å². The highest BCUT2D eigenvalue weighted by Gasteiger charge is 2.21. The van der Waals surface area contributed by atoms with Crippen molar-refractivity contribution in [3.05, 3.63) is 46.0 Å². The van der Waals surface area contributed by atoms with Crippen molar-refractivity contribution in [1.82, 2.24) is 14.5 Å². The van der Waals surface area contributed by atoms with Crippen LogP contribution in [0.1, 0.15) is 12.2 Å². The molecule has 0 aliphatic carbocycles. The van der Waals surface area contributed by atoms with Crippen LogP contribution in [0.4, 0.5) is 8.78 Å². The van der Waals surface area contributed by atoms with Crippen molar-refractivity contribution >= 4 is 11.2 Å². The van der Waals surface area contributed by atoms with E-state index >= 15 is 0 Å². The van der Waals surface area contributed by atoms with Gasteiger partial charge in [-0.3, -0.25) is 9.36 Å². The largest absolute Gasteiger partial charge is 0.417 e. The van der Waals surface area contributed by atoms with Gasteiger partial charge in [-0.15, -0.1) is 0 Å². The lowest BCUT2D eigenvalue weighted by atomic mass is 10.2. The quantitative estimate of drug-likeness (QED) is 0.689. The fourth-order valence-corrected chi connectivity index (χ4v) is 2.57. The van der Waals surface area contributed by atoms with Crippen LogP contribution in [0.25, 0.3) is 22.7 Å². The second-order valence-corrected chi connectivity index (χ2v) is 4.92. The van der Waals surface area contributed by atoms with Crippen LogP contribution in [-0.4, -0.2) is 14.5 Å². The van der Waals surface area contributed by atoms with Crippen LogP contribution in [0, 0.1) is 11.6 Å². The van der Waals surface area contributed by atoms with Crippen LogP contribution in [-0.2, 0) is 13.0 Å². The van der Waals surface area contributed by atoms with E-state index < -0.39 is 11.6 Å². The van der Waals surface area contributed by atoms with Crippen LogP contribution in [0.2, 0.25) is 0 Å². The van der Waals surface area contributed by atoms with Gasteiger partial charge in [0.15, 0.2) is 5.52 Å². The molecule has 0 unspecified atom stereocenters. The second kappa shape index (κ2) is 4.21. The van der Waals surface area contributed by atoms with Crippen molar-refractivity contribution in [2.45, 2.75) is 19.4 Å². The minimum Gasteiger partial charge on any atom is -0.417 e. The molecule has 1 aliphatic heterocycles. The van der Waals surface area contributed by atoms with E-state index in [1.54, 1.807) is 4.57 Å². The summed E-state index contributed by atoms with van der Waals surface area (Å²) in [5.74, 6) is -0.836.